The van der Waals surface area contributed by atoms with Gasteiger partial charge in [-0.1, -0.05) is 28.1 Å². The van der Waals surface area contributed by atoms with Crippen molar-refractivity contribution in [3.63, 3.8) is 0 Å². The van der Waals surface area contributed by atoms with E-state index in [2.05, 4.69) is 59.8 Å². The molecule has 2 N–H and O–H groups in total. The van der Waals surface area contributed by atoms with Gasteiger partial charge >= 0.3 is 0 Å². The molecule has 19 heavy (non-hydrogen) atoms. The first-order valence-electron chi connectivity index (χ1n) is 6.88. The SMILES string of the molecule is CC(N)C(c1cccc(Br)c1)N1C[C@@H](C)O[C@@H](C)C1. The van der Waals surface area contributed by atoms with E-state index >= 15 is 0 Å². The molecule has 0 spiro atoms. The van der Waals surface area contributed by atoms with Crippen LogP contribution in [0.1, 0.15) is 32.4 Å². The van der Waals surface area contributed by atoms with Gasteiger partial charge in [0.1, 0.15) is 0 Å². The zero-order chi connectivity index (χ0) is 14.0. The van der Waals surface area contributed by atoms with E-state index in [1.54, 1.807) is 0 Å². The lowest BCUT2D eigenvalue weighted by Gasteiger charge is -2.42. The largest absolute Gasteiger partial charge is 0.373 e. The molecule has 1 aromatic carbocycles. The number of halogens is 1. The Morgan fingerprint density at radius 3 is 2.47 bits per heavy atom. The molecule has 1 aromatic rings. The second kappa shape index (κ2) is 6.35. The molecule has 0 amide bonds. The molecule has 0 radical (unpaired) electrons. The van der Waals surface area contributed by atoms with E-state index in [9.17, 15) is 0 Å². The summed E-state index contributed by atoms with van der Waals surface area (Å²) in [5, 5.41) is 0. The number of morpholine rings is 1. The van der Waals surface area contributed by atoms with Crippen LogP contribution >= 0.6 is 15.9 Å². The molecule has 1 aliphatic heterocycles. The van der Waals surface area contributed by atoms with Crippen molar-refractivity contribution < 1.29 is 4.74 Å². The fourth-order valence-electron chi connectivity index (χ4n) is 2.98. The summed E-state index contributed by atoms with van der Waals surface area (Å²) < 4.78 is 6.92. The first kappa shape index (κ1) is 15.0. The standard InChI is InChI=1S/C15H23BrN2O/c1-10-8-18(9-11(2)19-10)15(12(3)17)13-5-4-6-14(16)7-13/h4-7,10-12,15H,8-9,17H2,1-3H3/t10-,11+,12?,15?. The highest BCUT2D eigenvalue weighted by Crippen LogP contribution is 2.28. The van der Waals surface area contributed by atoms with Gasteiger partial charge in [-0.15, -0.1) is 0 Å². The van der Waals surface area contributed by atoms with Crippen LogP contribution < -0.4 is 5.73 Å². The lowest BCUT2D eigenvalue weighted by atomic mass is 9.97. The zero-order valence-corrected chi connectivity index (χ0v) is 13.4. The van der Waals surface area contributed by atoms with Crippen molar-refractivity contribution in [2.24, 2.45) is 5.73 Å². The average molecular weight is 327 g/mol. The zero-order valence-electron chi connectivity index (χ0n) is 11.8. The highest BCUT2D eigenvalue weighted by atomic mass is 79.9. The minimum absolute atomic E-state index is 0.0896. The van der Waals surface area contributed by atoms with Crippen molar-refractivity contribution in [2.75, 3.05) is 13.1 Å². The Morgan fingerprint density at radius 2 is 1.95 bits per heavy atom. The van der Waals surface area contributed by atoms with Crippen LogP contribution in [0.4, 0.5) is 0 Å². The van der Waals surface area contributed by atoms with E-state index in [0.29, 0.717) is 0 Å². The summed E-state index contributed by atoms with van der Waals surface area (Å²) in [6.45, 7) is 8.20. The van der Waals surface area contributed by atoms with E-state index in [4.69, 9.17) is 10.5 Å². The van der Waals surface area contributed by atoms with Gasteiger partial charge < -0.3 is 10.5 Å². The summed E-state index contributed by atoms with van der Waals surface area (Å²) >= 11 is 3.54. The monoisotopic (exact) mass is 326 g/mol. The van der Waals surface area contributed by atoms with Crippen LogP contribution in [0.5, 0.6) is 0 Å². The molecule has 0 bridgehead atoms. The normalized spacial score (nSPS) is 28.1. The first-order valence-corrected chi connectivity index (χ1v) is 7.67. The number of ether oxygens (including phenoxy) is 1. The van der Waals surface area contributed by atoms with Gasteiger partial charge in [0.25, 0.3) is 0 Å². The first-order chi connectivity index (χ1) is 8.97. The van der Waals surface area contributed by atoms with Gasteiger partial charge in [0, 0.05) is 29.6 Å². The average Bonchev–Trinajstić information content (AvgIpc) is 2.27. The second-order valence-corrected chi connectivity index (χ2v) is 6.49. The predicted octanol–water partition coefficient (Wildman–Crippen LogP) is 2.95. The molecule has 2 unspecified atom stereocenters. The Bertz CT molecular complexity index is 414. The Labute approximate surface area is 124 Å². The van der Waals surface area contributed by atoms with Gasteiger partial charge in [-0.05, 0) is 38.5 Å². The number of hydrogen-bond donors (Lipinski definition) is 1. The quantitative estimate of drug-likeness (QED) is 0.928. The maximum absolute atomic E-state index is 6.24. The van der Waals surface area contributed by atoms with Crippen LogP contribution in [0, 0.1) is 0 Å². The summed E-state index contributed by atoms with van der Waals surface area (Å²) in [5.41, 5.74) is 7.51. The number of hydrogen-bond acceptors (Lipinski definition) is 3. The third-order valence-corrected chi connectivity index (χ3v) is 4.02. The molecule has 1 aliphatic rings. The van der Waals surface area contributed by atoms with Crippen LogP contribution in [-0.4, -0.2) is 36.2 Å². The molecule has 1 heterocycles. The molecular formula is C15H23BrN2O. The predicted molar refractivity (Wildman–Crippen MR) is 82.1 cm³/mol. The van der Waals surface area contributed by atoms with E-state index in [0.717, 1.165) is 17.6 Å². The number of nitrogens with zero attached hydrogens (tertiary/aromatic N) is 1. The van der Waals surface area contributed by atoms with Crippen molar-refractivity contribution >= 4 is 15.9 Å². The molecule has 0 aliphatic carbocycles. The number of rotatable bonds is 3. The molecule has 1 fully saturated rings. The Balaban J connectivity index is 2.25. The van der Waals surface area contributed by atoms with Crippen molar-refractivity contribution in [1.29, 1.82) is 0 Å². The second-order valence-electron chi connectivity index (χ2n) is 5.57. The summed E-state index contributed by atoms with van der Waals surface area (Å²) in [6, 6.07) is 8.77. The molecule has 3 nitrogen and oxygen atoms in total. The summed E-state index contributed by atoms with van der Waals surface area (Å²) in [7, 11) is 0. The van der Waals surface area contributed by atoms with E-state index in [1.807, 2.05) is 6.07 Å². The molecule has 0 aromatic heterocycles. The van der Waals surface area contributed by atoms with Gasteiger partial charge in [0.15, 0.2) is 0 Å². The molecule has 0 saturated carbocycles. The summed E-state index contributed by atoms with van der Waals surface area (Å²) in [4.78, 5) is 2.45. The summed E-state index contributed by atoms with van der Waals surface area (Å²) in [5.74, 6) is 0. The maximum Gasteiger partial charge on any atom is 0.0678 e. The molecule has 4 heteroatoms. The molecule has 106 valence electrons. The third kappa shape index (κ3) is 3.78. The lowest BCUT2D eigenvalue weighted by molar-refractivity contribution is -0.0831. The Hall–Kier alpha value is -0.420. The van der Waals surface area contributed by atoms with Gasteiger partial charge in [-0.3, -0.25) is 4.90 Å². The Kier molecular flexibility index (Phi) is 5.01. The van der Waals surface area contributed by atoms with Gasteiger partial charge in [0.2, 0.25) is 0 Å². The van der Waals surface area contributed by atoms with E-state index in [1.165, 1.54) is 5.56 Å². The topological polar surface area (TPSA) is 38.5 Å². The van der Waals surface area contributed by atoms with Crippen LogP contribution in [-0.2, 0) is 4.74 Å². The molecular weight excluding hydrogens is 304 g/mol. The maximum atomic E-state index is 6.24. The minimum Gasteiger partial charge on any atom is -0.373 e. The molecule has 1 saturated heterocycles. The van der Waals surface area contributed by atoms with Crippen molar-refractivity contribution in [3.8, 4) is 0 Å². The van der Waals surface area contributed by atoms with Crippen LogP contribution in [0.15, 0.2) is 28.7 Å². The molecule has 4 atom stereocenters. The highest BCUT2D eigenvalue weighted by molar-refractivity contribution is 9.10. The van der Waals surface area contributed by atoms with Crippen LogP contribution in [0.25, 0.3) is 0 Å². The van der Waals surface area contributed by atoms with E-state index in [-0.39, 0.29) is 24.3 Å². The smallest absolute Gasteiger partial charge is 0.0678 e. The number of benzene rings is 1. The third-order valence-electron chi connectivity index (χ3n) is 3.53. The van der Waals surface area contributed by atoms with Crippen molar-refractivity contribution in [1.82, 2.24) is 4.90 Å². The van der Waals surface area contributed by atoms with Gasteiger partial charge in [-0.25, -0.2) is 0 Å². The van der Waals surface area contributed by atoms with Crippen molar-refractivity contribution in [3.05, 3.63) is 34.3 Å². The molecule has 2 rings (SSSR count). The number of nitrogens with two attached hydrogens (primary N) is 1. The van der Waals surface area contributed by atoms with Gasteiger partial charge in [0.05, 0.1) is 12.2 Å². The lowest BCUT2D eigenvalue weighted by Crippen LogP contribution is -2.50. The Morgan fingerprint density at radius 1 is 1.32 bits per heavy atom. The minimum atomic E-state index is 0.0896. The summed E-state index contributed by atoms with van der Waals surface area (Å²) in [6.07, 6.45) is 0.523. The van der Waals surface area contributed by atoms with E-state index < -0.39 is 0 Å². The van der Waals surface area contributed by atoms with Crippen LogP contribution in [0.3, 0.4) is 0 Å². The van der Waals surface area contributed by atoms with Crippen LogP contribution in [0.2, 0.25) is 0 Å². The van der Waals surface area contributed by atoms with Crippen molar-refractivity contribution in [2.45, 2.75) is 45.1 Å². The fraction of sp³-hybridized carbons (Fsp3) is 0.600. The van der Waals surface area contributed by atoms with Gasteiger partial charge in [-0.2, -0.15) is 0 Å². The fourth-order valence-corrected chi connectivity index (χ4v) is 3.40. The highest BCUT2D eigenvalue weighted by Gasteiger charge is 2.30.